The van der Waals surface area contributed by atoms with E-state index in [1.54, 1.807) is 6.08 Å². The molecule has 0 unspecified atom stereocenters. The highest BCUT2D eigenvalue weighted by Crippen LogP contribution is 1.77. The first-order valence-electron chi connectivity index (χ1n) is 3.11. The van der Waals surface area contributed by atoms with Gasteiger partial charge in [-0.3, -0.25) is 0 Å². The normalized spacial score (nSPS) is 8.70. The predicted octanol–water partition coefficient (Wildman–Crippen LogP) is 0.839. The van der Waals surface area contributed by atoms with E-state index in [0.29, 0.717) is 26.4 Å². The highest BCUT2D eigenvalue weighted by atomic mass is 16.5. The standard InChI is InChI=1S/C8H12O2/c1-3-5-9-7-8-10-6-4-2/h1,4H,2,5-8H2. The smallest absolute Gasteiger partial charge is 0.107 e. The summed E-state index contributed by atoms with van der Waals surface area (Å²) in [5, 5.41) is 0. The fourth-order valence-corrected chi connectivity index (χ4v) is 0.416. The molecule has 0 bridgehead atoms. The first kappa shape index (κ1) is 9.22. The fourth-order valence-electron chi connectivity index (χ4n) is 0.416. The van der Waals surface area contributed by atoms with Crippen LogP contribution in [0.3, 0.4) is 0 Å². The molecule has 0 saturated heterocycles. The maximum Gasteiger partial charge on any atom is 0.107 e. The van der Waals surface area contributed by atoms with E-state index in [0.717, 1.165) is 0 Å². The largest absolute Gasteiger partial charge is 0.375 e. The van der Waals surface area contributed by atoms with Crippen LogP contribution in [0.2, 0.25) is 0 Å². The van der Waals surface area contributed by atoms with Crippen LogP contribution in [0.25, 0.3) is 0 Å². The molecule has 0 aliphatic heterocycles. The summed E-state index contributed by atoms with van der Waals surface area (Å²) in [6.07, 6.45) is 6.63. The molecule has 0 aromatic heterocycles. The lowest BCUT2D eigenvalue weighted by Crippen LogP contribution is -2.03. The average molecular weight is 140 g/mol. The SMILES string of the molecule is C#CCOCCOCC=C. The van der Waals surface area contributed by atoms with Crippen molar-refractivity contribution in [1.29, 1.82) is 0 Å². The van der Waals surface area contributed by atoms with Gasteiger partial charge in [-0.2, -0.15) is 0 Å². The van der Waals surface area contributed by atoms with E-state index in [1.807, 2.05) is 0 Å². The first-order valence-corrected chi connectivity index (χ1v) is 3.11. The second-order valence-corrected chi connectivity index (χ2v) is 1.62. The second kappa shape index (κ2) is 8.22. The van der Waals surface area contributed by atoms with E-state index >= 15 is 0 Å². The molecule has 0 heterocycles. The molecule has 2 nitrogen and oxygen atoms in total. The van der Waals surface area contributed by atoms with Crippen LogP contribution in [0.4, 0.5) is 0 Å². The zero-order valence-corrected chi connectivity index (χ0v) is 6.01. The summed E-state index contributed by atoms with van der Waals surface area (Å²) in [6.45, 7) is 5.55. The van der Waals surface area contributed by atoms with E-state index in [9.17, 15) is 0 Å². The van der Waals surface area contributed by atoms with Crippen LogP contribution in [0.5, 0.6) is 0 Å². The molecule has 0 N–H and O–H groups in total. The number of terminal acetylenes is 1. The molecule has 0 spiro atoms. The lowest BCUT2D eigenvalue weighted by Gasteiger charge is -1.99. The van der Waals surface area contributed by atoms with Crippen LogP contribution in [0.15, 0.2) is 12.7 Å². The van der Waals surface area contributed by atoms with Crippen LogP contribution < -0.4 is 0 Å². The maximum absolute atomic E-state index is 5.02. The zero-order valence-electron chi connectivity index (χ0n) is 6.01. The quantitative estimate of drug-likeness (QED) is 0.309. The molecule has 0 amide bonds. The average Bonchev–Trinajstić information content (AvgIpc) is 1.97. The summed E-state index contributed by atoms with van der Waals surface area (Å²) in [5.41, 5.74) is 0. The monoisotopic (exact) mass is 140 g/mol. The molecule has 0 aromatic rings. The van der Waals surface area contributed by atoms with Crippen molar-refractivity contribution in [2.75, 3.05) is 26.4 Å². The van der Waals surface area contributed by atoms with Gasteiger partial charge in [-0.05, 0) is 0 Å². The Hall–Kier alpha value is -0.780. The topological polar surface area (TPSA) is 18.5 Å². The zero-order chi connectivity index (χ0) is 7.66. The number of ether oxygens (including phenoxy) is 2. The molecule has 0 radical (unpaired) electrons. The maximum atomic E-state index is 5.02. The van der Waals surface area contributed by atoms with Crippen LogP contribution >= 0.6 is 0 Å². The molecule has 0 aromatic carbocycles. The minimum Gasteiger partial charge on any atom is -0.375 e. The third-order valence-electron chi connectivity index (χ3n) is 0.793. The number of hydrogen-bond donors (Lipinski definition) is 0. The minimum atomic E-state index is 0.359. The van der Waals surface area contributed by atoms with Crippen molar-refractivity contribution in [3.8, 4) is 12.3 Å². The lowest BCUT2D eigenvalue weighted by atomic mass is 10.7. The van der Waals surface area contributed by atoms with E-state index in [1.165, 1.54) is 0 Å². The molecule has 56 valence electrons. The van der Waals surface area contributed by atoms with Crippen LogP contribution in [0, 0.1) is 12.3 Å². The van der Waals surface area contributed by atoms with E-state index < -0.39 is 0 Å². The van der Waals surface area contributed by atoms with Gasteiger partial charge >= 0.3 is 0 Å². The third-order valence-corrected chi connectivity index (χ3v) is 0.793. The minimum absolute atomic E-state index is 0.359. The Balaban J connectivity index is 2.78. The lowest BCUT2D eigenvalue weighted by molar-refractivity contribution is 0.0730. The van der Waals surface area contributed by atoms with Crippen molar-refractivity contribution in [2.45, 2.75) is 0 Å². The molecule has 0 rings (SSSR count). The van der Waals surface area contributed by atoms with Gasteiger partial charge in [0.2, 0.25) is 0 Å². The van der Waals surface area contributed by atoms with Gasteiger partial charge in [0.1, 0.15) is 6.61 Å². The van der Waals surface area contributed by atoms with Crippen molar-refractivity contribution < 1.29 is 9.47 Å². The Morgan fingerprint density at radius 2 is 2.10 bits per heavy atom. The predicted molar refractivity (Wildman–Crippen MR) is 40.7 cm³/mol. The van der Waals surface area contributed by atoms with Crippen molar-refractivity contribution >= 4 is 0 Å². The van der Waals surface area contributed by atoms with Gasteiger partial charge in [0, 0.05) is 0 Å². The number of rotatable bonds is 6. The molecule has 0 aliphatic rings. The Bertz CT molecular complexity index is 113. The van der Waals surface area contributed by atoms with Crippen LogP contribution in [-0.2, 0) is 9.47 Å². The Morgan fingerprint density at radius 1 is 1.40 bits per heavy atom. The van der Waals surface area contributed by atoms with E-state index in [2.05, 4.69) is 12.5 Å². The molecular weight excluding hydrogens is 128 g/mol. The van der Waals surface area contributed by atoms with Gasteiger partial charge in [-0.25, -0.2) is 0 Å². The van der Waals surface area contributed by atoms with Crippen molar-refractivity contribution in [3.05, 3.63) is 12.7 Å². The summed E-state index contributed by atoms with van der Waals surface area (Å²) in [6, 6.07) is 0. The molecule has 10 heavy (non-hydrogen) atoms. The van der Waals surface area contributed by atoms with Crippen molar-refractivity contribution in [1.82, 2.24) is 0 Å². The molecule has 0 aliphatic carbocycles. The first-order chi connectivity index (χ1) is 4.91. The van der Waals surface area contributed by atoms with Gasteiger partial charge in [0.25, 0.3) is 0 Å². The summed E-state index contributed by atoms with van der Waals surface area (Å²) in [4.78, 5) is 0. The number of hydrogen-bond acceptors (Lipinski definition) is 2. The van der Waals surface area contributed by atoms with E-state index in [4.69, 9.17) is 15.9 Å². The van der Waals surface area contributed by atoms with Gasteiger partial charge in [0.05, 0.1) is 19.8 Å². The van der Waals surface area contributed by atoms with Gasteiger partial charge in [-0.15, -0.1) is 13.0 Å². The molecule has 0 fully saturated rings. The summed E-state index contributed by atoms with van der Waals surface area (Å²) >= 11 is 0. The van der Waals surface area contributed by atoms with Gasteiger partial charge < -0.3 is 9.47 Å². The van der Waals surface area contributed by atoms with Crippen LogP contribution in [0.1, 0.15) is 0 Å². The highest BCUT2D eigenvalue weighted by Gasteiger charge is 1.83. The highest BCUT2D eigenvalue weighted by molar-refractivity contribution is 4.82. The van der Waals surface area contributed by atoms with Gasteiger partial charge in [-0.1, -0.05) is 12.0 Å². The summed E-state index contributed by atoms with van der Waals surface area (Å²) < 4.78 is 9.95. The third kappa shape index (κ3) is 7.22. The summed E-state index contributed by atoms with van der Waals surface area (Å²) in [7, 11) is 0. The Kier molecular flexibility index (Phi) is 7.58. The van der Waals surface area contributed by atoms with E-state index in [-0.39, 0.29) is 0 Å². The van der Waals surface area contributed by atoms with Crippen molar-refractivity contribution in [3.63, 3.8) is 0 Å². The Morgan fingerprint density at radius 3 is 2.70 bits per heavy atom. The molecule has 0 saturated carbocycles. The summed E-state index contributed by atoms with van der Waals surface area (Å²) in [5.74, 6) is 2.36. The molecule has 2 heteroatoms. The molecule has 0 atom stereocenters. The van der Waals surface area contributed by atoms with Gasteiger partial charge in [0.15, 0.2) is 0 Å². The van der Waals surface area contributed by atoms with Crippen molar-refractivity contribution in [2.24, 2.45) is 0 Å². The van der Waals surface area contributed by atoms with Crippen LogP contribution in [-0.4, -0.2) is 26.4 Å². The fraction of sp³-hybridized carbons (Fsp3) is 0.500. The second-order valence-electron chi connectivity index (χ2n) is 1.62. The Labute approximate surface area is 61.8 Å². The molecular formula is C8H12O2.